The van der Waals surface area contributed by atoms with Gasteiger partial charge in [-0.2, -0.15) is 0 Å². The highest BCUT2D eigenvalue weighted by atomic mass is 32.2. The second-order valence-electron chi connectivity index (χ2n) is 4.50. The SMILES string of the molecule is COC(=O)C(C)(N)CSc1nc(C)c(C)c(C)n1. The first-order chi connectivity index (χ1) is 8.27. The van der Waals surface area contributed by atoms with Crippen LogP contribution in [0.5, 0.6) is 0 Å². The van der Waals surface area contributed by atoms with E-state index in [4.69, 9.17) is 5.73 Å². The lowest BCUT2D eigenvalue weighted by atomic mass is 10.1. The van der Waals surface area contributed by atoms with Crippen LogP contribution >= 0.6 is 11.8 Å². The number of aryl methyl sites for hydroxylation is 2. The molecule has 1 aromatic heterocycles. The molecule has 0 aliphatic heterocycles. The molecule has 0 aromatic carbocycles. The summed E-state index contributed by atoms with van der Waals surface area (Å²) >= 11 is 1.36. The predicted molar refractivity (Wildman–Crippen MR) is 71.6 cm³/mol. The third-order valence-corrected chi connectivity index (χ3v) is 3.95. The maximum absolute atomic E-state index is 11.4. The van der Waals surface area contributed by atoms with E-state index in [-0.39, 0.29) is 0 Å². The summed E-state index contributed by atoms with van der Waals surface area (Å²) in [5, 5.41) is 0.635. The smallest absolute Gasteiger partial charge is 0.326 e. The number of thioether (sulfide) groups is 1. The average Bonchev–Trinajstić information content (AvgIpc) is 2.32. The van der Waals surface area contributed by atoms with Crippen LogP contribution < -0.4 is 5.73 Å². The van der Waals surface area contributed by atoms with Crippen molar-refractivity contribution in [3.8, 4) is 0 Å². The molecule has 100 valence electrons. The standard InChI is InChI=1S/C12H19N3O2S/c1-7-8(2)14-11(15-9(7)3)18-6-12(4,13)10(16)17-5/h6,13H2,1-5H3. The Morgan fingerprint density at radius 1 is 1.33 bits per heavy atom. The van der Waals surface area contributed by atoms with Crippen LogP contribution in [0.25, 0.3) is 0 Å². The molecule has 0 aliphatic carbocycles. The number of carbonyl (C=O) groups is 1. The van der Waals surface area contributed by atoms with Crippen molar-refractivity contribution in [2.24, 2.45) is 5.73 Å². The first-order valence-corrected chi connectivity index (χ1v) is 6.58. The number of hydrogen-bond acceptors (Lipinski definition) is 6. The topological polar surface area (TPSA) is 78.1 Å². The zero-order valence-electron chi connectivity index (χ0n) is 11.4. The summed E-state index contributed by atoms with van der Waals surface area (Å²) in [5.74, 6) is -0.0581. The fourth-order valence-corrected chi connectivity index (χ4v) is 2.26. The summed E-state index contributed by atoms with van der Waals surface area (Å²) < 4.78 is 4.65. The third kappa shape index (κ3) is 3.43. The van der Waals surface area contributed by atoms with Crippen molar-refractivity contribution in [1.82, 2.24) is 9.97 Å². The summed E-state index contributed by atoms with van der Waals surface area (Å²) in [6.45, 7) is 7.51. The minimum Gasteiger partial charge on any atom is -0.468 e. The minimum absolute atomic E-state index is 0.377. The van der Waals surface area contributed by atoms with Crippen molar-refractivity contribution in [2.45, 2.75) is 38.4 Å². The zero-order valence-corrected chi connectivity index (χ0v) is 12.2. The molecule has 2 N–H and O–H groups in total. The van der Waals surface area contributed by atoms with E-state index < -0.39 is 11.5 Å². The van der Waals surface area contributed by atoms with Crippen LogP contribution in [0, 0.1) is 20.8 Å². The molecular formula is C12H19N3O2S. The number of ether oxygens (including phenoxy) is 1. The molecule has 0 bridgehead atoms. The molecule has 1 aromatic rings. The average molecular weight is 269 g/mol. The van der Waals surface area contributed by atoms with Gasteiger partial charge in [-0.1, -0.05) is 11.8 Å². The lowest BCUT2D eigenvalue weighted by Gasteiger charge is -2.20. The summed E-state index contributed by atoms with van der Waals surface area (Å²) in [7, 11) is 1.33. The summed E-state index contributed by atoms with van der Waals surface area (Å²) in [4.78, 5) is 20.2. The van der Waals surface area contributed by atoms with E-state index >= 15 is 0 Å². The molecular weight excluding hydrogens is 250 g/mol. The molecule has 1 heterocycles. The normalized spacial score (nSPS) is 14.1. The van der Waals surface area contributed by atoms with Gasteiger partial charge < -0.3 is 10.5 Å². The minimum atomic E-state index is -1.03. The van der Waals surface area contributed by atoms with Crippen LogP contribution in [0.3, 0.4) is 0 Å². The van der Waals surface area contributed by atoms with Crippen LogP contribution in [-0.2, 0) is 9.53 Å². The molecule has 0 radical (unpaired) electrons. The van der Waals surface area contributed by atoms with Gasteiger partial charge in [0, 0.05) is 17.1 Å². The van der Waals surface area contributed by atoms with E-state index in [9.17, 15) is 4.79 Å². The second kappa shape index (κ2) is 5.67. The van der Waals surface area contributed by atoms with E-state index in [1.807, 2.05) is 20.8 Å². The summed E-state index contributed by atoms with van der Waals surface area (Å²) in [5.41, 5.74) is 7.82. The van der Waals surface area contributed by atoms with Crippen LogP contribution in [0.1, 0.15) is 23.9 Å². The monoisotopic (exact) mass is 269 g/mol. The Kier molecular flexibility index (Phi) is 4.70. The highest BCUT2D eigenvalue weighted by Gasteiger charge is 2.30. The number of hydrogen-bond donors (Lipinski definition) is 1. The number of nitrogens with zero attached hydrogens (tertiary/aromatic N) is 2. The largest absolute Gasteiger partial charge is 0.468 e. The first kappa shape index (κ1) is 14.9. The molecule has 1 rings (SSSR count). The van der Waals surface area contributed by atoms with Crippen LogP contribution in [-0.4, -0.2) is 34.3 Å². The van der Waals surface area contributed by atoms with Crippen LogP contribution in [0.4, 0.5) is 0 Å². The lowest BCUT2D eigenvalue weighted by molar-refractivity contribution is -0.145. The van der Waals surface area contributed by atoms with E-state index in [1.54, 1.807) is 6.92 Å². The lowest BCUT2D eigenvalue weighted by Crippen LogP contribution is -2.48. The maximum Gasteiger partial charge on any atom is 0.326 e. The van der Waals surface area contributed by atoms with Gasteiger partial charge in [-0.3, -0.25) is 4.79 Å². The number of esters is 1. The fraction of sp³-hybridized carbons (Fsp3) is 0.583. The quantitative estimate of drug-likeness (QED) is 0.505. The number of nitrogens with two attached hydrogens (primary N) is 1. The number of methoxy groups -OCH3 is 1. The fourth-order valence-electron chi connectivity index (χ4n) is 1.31. The molecule has 1 unspecified atom stereocenters. The van der Waals surface area contributed by atoms with E-state index in [0.29, 0.717) is 10.9 Å². The molecule has 0 aliphatic rings. The van der Waals surface area contributed by atoms with Gasteiger partial charge in [-0.05, 0) is 33.3 Å². The van der Waals surface area contributed by atoms with E-state index in [1.165, 1.54) is 18.9 Å². The highest BCUT2D eigenvalue weighted by Crippen LogP contribution is 2.21. The second-order valence-corrected chi connectivity index (χ2v) is 5.44. The number of carbonyl (C=O) groups excluding carboxylic acids is 1. The molecule has 0 fully saturated rings. The zero-order chi connectivity index (χ0) is 13.9. The van der Waals surface area contributed by atoms with Gasteiger partial charge in [-0.15, -0.1) is 0 Å². The predicted octanol–water partition coefficient (Wildman–Crippen LogP) is 1.38. The van der Waals surface area contributed by atoms with Gasteiger partial charge >= 0.3 is 5.97 Å². The van der Waals surface area contributed by atoms with Crippen molar-refractivity contribution in [3.05, 3.63) is 17.0 Å². The van der Waals surface area contributed by atoms with Gasteiger partial charge in [0.2, 0.25) is 0 Å². The molecule has 6 heteroatoms. The summed E-state index contributed by atoms with van der Waals surface area (Å²) in [6, 6.07) is 0. The van der Waals surface area contributed by atoms with Gasteiger partial charge in [0.25, 0.3) is 0 Å². The third-order valence-electron chi connectivity index (χ3n) is 2.76. The Bertz CT molecular complexity index is 438. The molecule has 1 atom stereocenters. The van der Waals surface area contributed by atoms with Crippen molar-refractivity contribution in [1.29, 1.82) is 0 Å². The molecule has 0 spiro atoms. The van der Waals surface area contributed by atoms with Crippen molar-refractivity contribution in [3.63, 3.8) is 0 Å². The molecule has 5 nitrogen and oxygen atoms in total. The molecule has 0 saturated heterocycles. The van der Waals surface area contributed by atoms with E-state index in [0.717, 1.165) is 17.0 Å². The van der Waals surface area contributed by atoms with Crippen molar-refractivity contribution < 1.29 is 9.53 Å². The number of aromatic nitrogens is 2. The van der Waals surface area contributed by atoms with Gasteiger partial charge in [0.15, 0.2) is 5.16 Å². The Balaban J connectivity index is 2.78. The molecule has 0 amide bonds. The first-order valence-electron chi connectivity index (χ1n) is 5.60. The number of rotatable bonds is 4. The molecule has 18 heavy (non-hydrogen) atoms. The van der Waals surface area contributed by atoms with Gasteiger partial charge in [0.05, 0.1) is 7.11 Å². The summed E-state index contributed by atoms with van der Waals surface area (Å²) in [6.07, 6.45) is 0. The van der Waals surface area contributed by atoms with E-state index in [2.05, 4.69) is 14.7 Å². The van der Waals surface area contributed by atoms with Gasteiger partial charge in [0.1, 0.15) is 5.54 Å². The maximum atomic E-state index is 11.4. The van der Waals surface area contributed by atoms with Crippen LogP contribution in [0.2, 0.25) is 0 Å². The van der Waals surface area contributed by atoms with Crippen molar-refractivity contribution >= 4 is 17.7 Å². The van der Waals surface area contributed by atoms with Crippen LogP contribution in [0.15, 0.2) is 5.16 Å². The Morgan fingerprint density at radius 3 is 2.28 bits per heavy atom. The Morgan fingerprint density at radius 2 is 1.83 bits per heavy atom. The Hall–Kier alpha value is -1.14. The van der Waals surface area contributed by atoms with Crippen molar-refractivity contribution in [2.75, 3.05) is 12.9 Å². The van der Waals surface area contributed by atoms with Gasteiger partial charge in [-0.25, -0.2) is 9.97 Å². The molecule has 0 saturated carbocycles. The highest BCUT2D eigenvalue weighted by molar-refractivity contribution is 7.99. The Labute approximate surface area is 112 Å².